The molecule has 0 N–H and O–H groups in total. The molecule has 0 fully saturated rings. The second-order valence-electron chi connectivity index (χ2n) is 4.79. The minimum absolute atomic E-state index is 0.0669. The Labute approximate surface area is 103 Å². The topological polar surface area (TPSA) is 0 Å². The zero-order valence-corrected chi connectivity index (χ0v) is 11.9. The maximum absolute atomic E-state index is 14.0. The highest BCUT2D eigenvalue weighted by Gasteiger charge is 2.34. The number of halogens is 4. The molecule has 17 heavy (non-hydrogen) atoms. The molecule has 0 amide bonds. The highest BCUT2D eigenvalue weighted by atomic mass is 32.2. The molecule has 0 aliphatic rings. The van der Waals surface area contributed by atoms with Crippen molar-refractivity contribution in [2.45, 2.75) is 30.7 Å². The summed E-state index contributed by atoms with van der Waals surface area (Å²) in [5.41, 5.74) is -0.763. The third-order valence-electron chi connectivity index (χ3n) is 2.39. The molecule has 0 bridgehead atoms. The van der Waals surface area contributed by atoms with Crippen LogP contribution in [0.4, 0.5) is 17.6 Å². The van der Waals surface area contributed by atoms with Gasteiger partial charge in [0.1, 0.15) is 5.82 Å². The number of hydrogen-bond donors (Lipinski definition) is 0. The molecule has 0 spiro atoms. The van der Waals surface area contributed by atoms with Crippen LogP contribution in [0.1, 0.15) is 5.56 Å². The van der Waals surface area contributed by atoms with Crippen molar-refractivity contribution >= 4 is 25.0 Å². The van der Waals surface area contributed by atoms with E-state index < -0.39 is 25.6 Å². The Kier molecular flexibility index (Phi) is 3.98. The molecule has 0 heterocycles. The van der Waals surface area contributed by atoms with Gasteiger partial charge in [-0.15, -0.1) is 11.8 Å². The second kappa shape index (κ2) is 4.64. The molecule has 0 atom stereocenters. The number of benzene rings is 1. The number of alkyl halides is 3. The van der Waals surface area contributed by atoms with E-state index in [-0.39, 0.29) is 10.1 Å². The molecule has 0 aromatic heterocycles. The van der Waals surface area contributed by atoms with Crippen molar-refractivity contribution in [3.8, 4) is 0 Å². The monoisotopic (exact) mass is 282 g/mol. The first kappa shape index (κ1) is 14.6. The molecule has 1 rings (SSSR count). The molecule has 0 aliphatic heterocycles. The summed E-state index contributed by atoms with van der Waals surface area (Å²) >= 11 is 1.00. The third kappa shape index (κ3) is 3.25. The summed E-state index contributed by atoms with van der Waals surface area (Å²) in [6.45, 7) is 5.49. The molecule has 0 saturated heterocycles. The molecule has 0 aliphatic carbocycles. The van der Waals surface area contributed by atoms with Crippen molar-refractivity contribution in [2.24, 2.45) is 0 Å². The predicted octanol–water partition coefficient (Wildman–Crippen LogP) is 4.11. The Bertz CT molecular complexity index is 421. The van der Waals surface area contributed by atoms with Gasteiger partial charge in [-0.3, -0.25) is 0 Å². The lowest BCUT2D eigenvalue weighted by Crippen LogP contribution is -2.41. The van der Waals surface area contributed by atoms with Gasteiger partial charge in [-0.1, -0.05) is 19.6 Å². The predicted molar refractivity (Wildman–Crippen MR) is 66.2 cm³/mol. The van der Waals surface area contributed by atoms with Crippen LogP contribution in [0.2, 0.25) is 19.6 Å². The summed E-state index contributed by atoms with van der Waals surface area (Å²) in [7, 11) is -2.12. The van der Waals surface area contributed by atoms with E-state index in [0.29, 0.717) is 0 Å². The van der Waals surface area contributed by atoms with Crippen molar-refractivity contribution in [3.63, 3.8) is 0 Å². The largest absolute Gasteiger partial charge is 0.416 e. The van der Waals surface area contributed by atoms with Crippen LogP contribution in [0, 0.1) is 5.82 Å². The third-order valence-corrected chi connectivity index (χ3v) is 5.11. The van der Waals surface area contributed by atoms with Gasteiger partial charge < -0.3 is 0 Å². The summed E-state index contributed by atoms with van der Waals surface area (Å²) in [4.78, 5) is 0.0669. The molecule has 96 valence electrons. The Morgan fingerprint density at radius 3 is 2.00 bits per heavy atom. The van der Waals surface area contributed by atoms with Crippen molar-refractivity contribution < 1.29 is 17.6 Å². The molecule has 0 nitrogen and oxygen atoms in total. The Morgan fingerprint density at radius 1 is 1.12 bits per heavy atom. The van der Waals surface area contributed by atoms with E-state index in [4.69, 9.17) is 0 Å². The highest BCUT2D eigenvalue weighted by Crippen LogP contribution is 2.32. The number of rotatable bonds is 2. The molecular weight excluding hydrogens is 268 g/mol. The van der Waals surface area contributed by atoms with Crippen molar-refractivity contribution in [2.75, 3.05) is 6.26 Å². The quantitative estimate of drug-likeness (QED) is 0.447. The Hall–Kier alpha value is -0.493. The zero-order valence-electron chi connectivity index (χ0n) is 10.1. The van der Waals surface area contributed by atoms with Crippen LogP contribution >= 0.6 is 11.8 Å². The SMILES string of the molecule is CSc1cc(C(F)(F)F)cc([Si](C)(C)C)c1F. The summed E-state index contributed by atoms with van der Waals surface area (Å²) in [6, 6.07) is 1.84. The van der Waals surface area contributed by atoms with Crippen LogP contribution in [0.15, 0.2) is 17.0 Å². The van der Waals surface area contributed by atoms with E-state index >= 15 is 0 Å². The van der Waals surface area contributed by atoms with Crippen molar-refractivity contribution in [3.05, 3.63) is 23.5 Å². The zero-order chi connectivity index (χ0) is 13.4. The van der Waals surface area contributed by atoms with Crippen LogP contribution in [0.5, 0.6) is 0 Å². The van der Waals surface area contributed by atoms with E-state index in [1.807, 2.05) is 19.6 Å². The molecular formula is C11H14F4SSi. The van der Waals surface area contributed by atoms with Crippen LogP contribution in [0.25, 0.3) is 0 Å². The van der Waals surface area contributed by atoms with E-state index in [1.54, 1.807) is 6.26 Å². The van der Waals surface area contributed by atoms with Crippen LogP contribution in [-0.4, -0.2) is 14.3 Å². The summed E-state index contributed by atoms with van der Waals surface area (Å²) in [6.07, 6.45) is -2.85. The Balaban J connectivity index is 3.50. The van der Waals surface area contributed by atoms with Gasteiger partial charge >= 0.3 is 6.18 Å². The van der Waals surface area contributed by atoms with Gasteiger partial charge in [0.2, 0.25) is 0 Å². The van der Waals surface area contributed by atoms with E-state index in [1.165, 1.54) is 0 Å². The maximum atomic E-state index is 14.0. The smallest absolute Gasteiger partial charge is 0.206 e. The van der Waals surface area contributed by atoms with Gasteiger partial charge in [0.15, 0.2) is 0 Å². The maximum Gasteiger partial charge on any atom is 0.416 e. The van der Waals surface area contributed by atoms with Crippen LogP contribution < -0.4 is 5.19 Å². The molecule has 1 aromatic carbocycles. The fourth-order valence-electron chi connectivity index (χ4n) is 1.46. The van der Waals surface area contributed by atoms with E-state index in [9.17, 15) is 17.6 Å². The van der Waals surface area contributed by atoms with Crippen molar-refractivity contribution in [1.29, 1.82) is 0 Å². The Morgan fingerprint density at radius 2 is 1.65 bits per heavy atom. The molecule has 0 radical (unpaired) electrons. The van der Waals surface area contributed by atoms with Gasteiger partial charge in [0.25, 0.3) is 0 Å². The number of hydrogen-bond acceptors (Lipinski definition) is 1. The van der Waals surface area contributed by atoms with Crippen LogP contribution in [-0.2, 0) is 6.18 Å². The minimum Gasteiger partial charge on any atom is -0.206 e. The van der Waals surface area contributed by atoms with Crippen molar-refractivity contribution in [1.82, 2.24) is 0 Å². The second-order valence-corrected chi connectivity index (χ2v) is 10.7. The normalized spacial score (nSPS) is 12.9. The van der Waals surface area contributed by atoms with Gasteiger partial charge in [-0.05, 0) is 23.6 Å². The molecule has 0 saturated carbocycles. The fraction of sp³-hybridized carbons (Fsp3) is 0.455. The first-order valence-electron chi connectivity index (χ1n) is 5.02. The standard InChI is InChI=1S/C11H14F4SSi/c1-16-8-5-7(11(13,14)15)6-9(10(8)12)17(2,3)4/h5-6H,1-4H3. The molecule has 1 aromatic rings. The van der Waals surface area contributed by atoms with Gasteiger partial charge in [0.05, 0.1) is 13.6 Å². The first-order valence-corrected chi connectivity index (χ1v) is 9.75. The lowest BCUT2D eigenvalue weighted by atomic mass is 10.2. The van der Waals surface area contributed by atoms with E-state index in [0.717, 1.165) is 23.9 Å². The highest BCUT2D eigenvalue weighted by molar-refractivity contribution is 7.98. The first-order chi connectivity index (χ1) is 7.57. The van der Waals surface area contributed by atoms with Gasteiger partial charge in [-0.2, -0.15) is 13.2 Å². The van der Waals surface area contributed by atoms with Gasteiger partial charge in [-0.25, -0.2) is 4.39 Å². The number of thioether (sulfide) groups is 1. The van der Waals surface area contributed by atoms with Crippen LogP contribution in [0.3, 0.4) is 0 Å². The summed E-state index contributed by atoms with van der Waals surface area (Å²) in [5, 5.41) is 0.233. The average Bonchev–Trinajstić information content (AvgIpc) is 2.14. The summed E-state index contributed by atoms with van der Waals surface area (Å²) < 4.78 is 52.0. The summed E-state index contributed by atoms with van der Waals surface area (Å²) in [5.74, 6) is -0.496. The minimum atomic E-state index is -4.42. The molecule has 0 unspecified atom stereocenters. The lowest BCUT2D eigenvalue weighted by Gasteiger charge is -2.21. The van der Waals surface area contributed by atoms with E-state index in [2.05, 4.69) is 0 Å². The average molecular weight is 282 g/mol. The fourth-order valence-corrected chi connectivity index (χ4v) is 3.46. The molecule has 6 heteroatoms. The lowest BCUT2D eigenvalue weighted by molar-refractivity contribution is -0.137. The van der Waals surface area contributed by atoms with Gasteiger partial charge in [0, 0.05) is 4.90 Å².